The van der Waals surface area contributed by atoms with Crippen LogP contribution in [0.25, 0.3) is 10.1 Å². The highest BCUT2D eigenvalue weighted by molar-refractivity contribution is 7.31. The number of anilines is 1. The molecule has 0 unspecified atom stereocenters. The molecular formula is C56H79BN2S. The van der Waals surface area contributed by atoms with Gasteiger partial charge in [0, 0.05) is 44.7 Å². The van der Waals surface area contributed by atoms with Crippen LogP contribution in [-0.2, 0) is 10.8 Å². The van der Waals surface area contributed by atoms with Gasteiger partial charge in [0.25, 0.3) is 6.71 Å². The van der Waals surface area contributed by atoms with Crippen molar-refractivity contribution >= 4 is 38.6 Å². The Kier molecular flexibility index (Phi) is 14.7. The van der Waals surface area contributed by atoms with E-state index in [1.54, 1.807) is 0 Å². The van der Waals surface area contributed by atoms with Crippen LogP contribution in [0, 0.1) is 22.7 Å². The van der Waals surface area contributed by atoms with Crippen LogP contribution in [0.1, 0.15) is 154 Å². The van der Waals surface area contributed by atoms with Gasteiger partial charge in [0.05, 0.1) is 5.69 Å². The molecule has 0 bridgehead atoms. The lowest BCUT2D eigenvalue weighted by atomic mass is 9.35. The lowest BCUT2D eigenvalue weighted by Gasteiger charge is -2.43. The summed E-state index contributed by atoms with van der Waals surface area (Å²) in [6.07, 6.45) is 35.7. The first-order valence-corrected chi connectivity index (χ1v) is 23.8. The summed E-state index contributed by atoms with van der Waals surface area (Å²) in [5, 5.41) is 1.38. The SMILES string of the molecule is C=C/C(=C\C=C\C(C)(C)CCC(C)C)N1CC2=C(/C=C\C)N(/C=C/C=C(\C=C\C)C(C)(C)C)C(C)=C(/C=C\CC(C)C)B2c2sc3cc4c(cc3c21)C(C)(C)CCC4(C)C. The van der Waals surface area contributed by atoms with E-state index in [1.807, 2.05) is 11.3 Å². The molecule has 5 rings (SSSR count). The quantitative estimate of drug-likeness (QED) is 0.138. The number of benzene rings is 1. The Morgan fingerprint density at radius 1 is 0.900 bits per heavy atom. The fraction of sp³-hybridized carbons (Fsp3) is 0.500. The third-order valence-corrected chi connectivity index (χ3v) is 14.4. The summed E-state index contributed by atoms with van der Waals surface area (Å²) in [4.78, 5) is 5.07. The first-order valence-electron chi connectivity index (χ1n) is 23.0. The molecule has 0 N–H and O–H groups in total. The molecule has 2 nitrogen and oxygen atoms in total. The fourth-order valence-corrected chi connectivity index (χ4v) is 10.6. The summed E-state index contributed by atoms with van der Waals surface area (Å²) >= 11 is 2.02. The molecule has 1 aromatic heterocycles. The second kappa shape index (κ2) is 18.7. The number of thiophene rings is 1. The maximum absolute atomic E-state index is 4.49. The highest BCUT2D eigenvalue weighted by atomic mass is 32.1. The zero-order valence-corrected chi connectivity index (χ0v) is 41.5. The Morgan fingerprint density at radius 3 is 2.15 bits per heavy atom. The van der Waals surface area contributed by atoms with Crippen molar-refractivity contribution < 1.29 is 0 Å². The van der Waals surface area contributed by atoms with Crippen molar-refractivity contribution in [3.63, 3.8) is 0 Å². The average Bonchev–Trinajstić information content (AvgIpc) is 3.54. The smallest absolute Gasteiger partial charge is 0.259 e. The molecule has 0 atom stereocenters. The van der Waals surface area contributed by atoms with Crippen LogP contribution in [0.2, 0.25) is 0 Å². The van der Waals surface area contributed by atoms with Gasteiger partial charge in [-0.05, 0) is 144 Å². The first-order chi connectivity index (χ1) is 28.1. The van der Waals surface area contributed by atoms with Crippen molar-refractivity contribution in [1.29, 1.82) is 0 Å². The van der Waals surface area contributed by atoms with Gasteiger partial charge in [-0.2, -0.15) is 0 Å². The number of hydrogen-bond acceptors (Lipinski definition) is 3. The molecule has 4 heteroatoms. The number of nitrogens with zero attached hydrogens (tertiary/aromatic N) is 2. The molecule has 2 aromatic rings. The molecule has 60 heavy (non-hydrogen) atoms. The van der Waals surface area contributed by atoms with Crippen molar-refractivity contribution in [2.24, 2.45) is 22.7 Å². The van der Waals surface area contributed by atoms with Crippen LogP contribution in [0.4, 0.5) is 5.69 Å². The van der Waals surface area contributed by atoms with E-state index in [1.165, 1.54) is 85.3 Å². The maximum atomic E-state index is 4.49. The summed E-state index contributed by atoms with van der Waals surface area (Å²) in [5.41, 5.74) is 12.6. The molecule has 0 fully saturated rings. The largest absolute Gasteiger partial charge is 0.337 e. The van der Waals surface area contributed by atoms with Crippen LogP contribution in [-0.4, -0.2) is 18.2 Å². The number of allylic oxidation sites excluding steroid dienone is 15. The number of hydrogen-bond donors (Lipinski definition) is 0. The van der Waals surface area contributed by atoms with Crippen LogP contribution >= 0.6 is 11.3 Å². The molecule has 1 aromatic carbocycles. The predicted molar refractivity (Wildman–Crippen MR) is 272 cm³/mol. The van der Waals surface area contributed by atoms with Crippen molar-refractivity contribution in [2.45, 2.75) is 154 Å². The second-order valence-electron chi connectivity index (χ2n) is 21.6. The van der Waals surface area contributed by atoms with Gasteiger partial charge in [0.1, 0.15) is 0 Å². The minimum absolute atomic E-state index is 0.0424. The van der Waals surface area contributed by atoms with Crippen LogP contribution < -0.4 is 9.68 Å². The zero-order valence-electron chi connectivity index (χ0n) is 40.6. The minimum atomic E-state index is 0.0424. The van der Waals surface area contributed by atoms with Crippen molar-refractivity contribution in [3.8, 4) is 0 Å². The highest BCUT2D eigenvalue weighted by Gasteiger charge is 2.44. The van der Waals surface area contributed by atoms with Gasteiger partial charge in [0.2, 0.25) is 0 Å². The van der Waals surface area contributed by atoms with Gasteiger partial charge >= 0.3 is 0 Å². The highest BCUT2D eigenvalue weighted by Crippen LogP contribution is 2.51. The van der Waals surface area contributed by atoms with Crippen LogP contribution in [0.15, 0.2) is 131 Å². The standard InChI is InChI=1S/C56H79BN2S/c1-18-24-42(53(9,10)11)27-23-35-58-41(8)47(29-21-26-39(4)5)57-48(49(58)25-19-2)38-59(43(20-3)28-22-31-54(12,13)32-30-40(6)7)51-44-36-45-46(37-50(44)60-52(51)57)56(16,17)34-33-55(45,14)15/h18-25,27-29,31,35-37,39-40H,3,26,30,32-34,38H2,1-2,4-17H3/b24-18+,25-19-,29-21-,31-22+,35-23+,42-27+,43-28+. The third kappa shape index (κ3) is 10.3. The number of fused-ring (bicyclic) bond motifs is 6. The van der Waals surface area contributed by atoms with E-state index in [0.29, 0.717) is 11.8 Å². The van der Waals surface area contributed by atoms with E-state index in [0.717, 1.165) is 18.7 Å². The Bertz CT molecular complexity index is 2190. The van der Waals surface area contributed by atoms with E-state index >= 15 is 0 Å². The average molecular weight is 823 g/mol. The van der Waals surface area contributed by atoms with Crippen LogP contribution in [0.5, 0.6) is 0 Å². The van der Waals surface area contributed by atoms with Crippen molar-refractivity contribution in [2.75, 3.05) is 11.4 Å². The molecule has 1 aliphatic carbocycles. The maximum Gasteiger partial charge on any atom is 0.259 e. The van der Waals surface area contributed by atoms with Crippen molar-refractivity contribution in [3.05, 3.63) is 143 Å². The number of rotatable bonds is 14. The Balaban J connectivity index is 1.84. The summed E-state index contributed by atoms with van der Waals surface area (Å²) < 4.78 is 2.84. The molecule has 3 aliphatic rings. The Labute approximate surface area is 372 Å². The molecule has 322 valence electrons. The van der Waals surface area contributed by atoms with E-state index in [9.17, 15) is 0 Å². The molecule has 0 spiro atoms. The normalized spacial score (nSPS) is 19.3. The van der Waals surface area contributed by atoms with Gasteiger partial charge in [-0.3, -0.25) is 0 Å². The summed E-state index contributed by atoms with van der Waals surface area (Å²) in [5.74, 6) is 1.29. The minimum Gasteiger partial charge on any atom is -0.337 e. The van der Waals surface area contributed by atoms with Gasteiger partial charge in [-0.25, -0.2) is 0 Å². The lowest BCUT2D eigenvalue weighted by molar-refractivity contribution is 0.332. The van der Waals surface area contributed by atoms with E-state index in [-0.39, 0.29) is 28.4 Å². The van der Waals surface area contributed by atoms with Crippen molar-refractivity contribution in [1.82, 2.24) is 4.90 Å². The fourth-order valence-electron chi connectivity index (χ4n) is 9.21. The zero-order chi connectivity index (χ0) is 44.4. The molecule has 0 saturated carbocycles. The molecular weight excluding hydrogens is 744 g/mol. The van der Waals surface area contributed by atoms with E-state index in [4.69, 9.17) is 0 Å². The predicted octanol–water partition coefficient (Wildman–Crippen LogP) is 16.0. The topological polar surface area (TPSA) is 6.48 Å². The van der Waals surface area contributed by atoms with E-state index < -0.39 is 0 Å². The Morgan fingerprint density at radius 2 is 1.57 bits per heavy atom. The third-order valence-electron chi connectivity index (χ3n) is 13.2. The molecule has 0 amide bonds. The molecule has 2 aliphatic heterocycles. The second-order valence-corrected chi connectivity index (χ2v) is 22.7. The van der Waals surface area contributed by atoms with Gasteiger partial charge in [-0.1, -0.05) is 152 Å². The van der Waals surface area contributed by atoms with Gasteiger partial charge < -0.3 is 9.80 Å². The lowest BCUT2D eigenvalue weighted by Crippen LogP contribution is -2.50. The molecule has 3 heterocycles. The molecule has 0 radical (unpaired) electrons. The molecule has 0 saturated heterocycles. The van der Waals surface area contributed by atoms with Gasteiger partial charge in [0.15, 0.2) is 0 Å². The monoisotopic (exact) mass is 823 g/mol. The summed E-state index contributed by atoms with van der Waals surface area (Å²) in [6, 6.07) is 5.19. The van der Waals surface area contributed by atoms with Crippen LogP contribution in [0.3, 0.4) is 0 Å². The summed E-state index contributed by atoms with van der Waals surface area (Å²) in [7, 11) is 0. The first kappa shape index (κ1) is 47.3. The van der Waals surface area contributed by atoms with E-state index in [2.05, 4.69) is 218 Å². The summed E-state index contributed by atoms with van der Waals surface area (Å²) in [6.45, 7) is 42.7. The van der Waals surface area contributed by atoms with Gasteiger partial charge in [-0.15, -0.1) is 11.3 Å². The Hall–Kier alpha value is -3.76.